The van der Waals surface area contributed by atoms with E-state index in [0.717, 1.165) is 11.6 Å². The number of hydrogen-bond donors (Lipinski definition) is 3. The van der Waals surface area contributed by atoms with Crippen molar-refractivity contribution < 1.29 is 23.5 Å². The monoisotopic (exact) mass is 557 g/mol. The summed E-state index contributed by atoms with van der Waals surface area (Å²) in [5.41, 5.74) is 2.07. The Morgan fingerprint density at radius 1 is 1.05 bits per heavy atom. The Kier molecular flexibility index (Phi) is 10.5. The van der Waals surface area contributed by atoms with Crippen molar-refractivity contribution in [3.05, 3.63) is 70.8 Å². The Hall–Kier alpha value is -2.84. The van der Waals surface area contributed by atoms with E-state index < -0.39 is 29.3 Å². The first-order valence-electron chi connectivity index (χ1n) is 14.2. The van der Waals surface area contributed by atoms with Crippen LogP contribution >= 0.6 is 0 Å². The molecule has 0 radical (unpaired) electrons. The highest BCUT2D eigenvalue weighted by molar-refractivity contribution is 5.76. The van der Waals surface area contributed by atoms with Crippen LogP contribution in [0.4, 0.5) is 8.78 Å². The minimum atomic E-state index is -1.03. The summed E-state index contributed by atoms with van der Waals surface area (Å²) in [6, 6.07) is 10.9. The number of aliphatic hydroxyl groups is 1. The Labute approximate surface area is 237 Å². The molecule has 0 saturated carbocycles. The van der Waals surface area contributed by atoms with Gasteiger partial charge in [-0.1, -0.05) is 58.9 Å². The summed E-state index contributed by atoms with van der Waals surface area (Å²) in [6.45, 7) is 13.2. The van der Waals surface area contributed by atoms with E-state index >= 15 is 0 Å². The zero-order chi connectivity index (χ0) is 29.7. The molecule has 0 unspecified atom stereocenters. The lowest BCUT2D eigenvalue weighted by Crippen LogP contribution is -2.56. The molecule has 3 N–H and O–H groups in total. The lowest BCUT2D eigenvalue weighted by atomic mass is 9.77. The molecular formula is C32H45F2N3O3. The Balaban J connectivity index is 1.85. The number of halogens is 2. The summed E-state index contributed by atoms with van der Waals surface area (Å²) in [6.07, 6.45) is 0.881. The second kappa shape index (κ2) is 13.2. The molecule has 1 heterocycles. The van der Waals surface area contributed by atoms with Gasteiger partial charge in [0, 0.05) is 44.6 Å². The number of rotatable bonds is 10. The molecule has 40 heavy (non-hydrogen) atoms. The van der Waals surface area contributed by atoms with Crippen LogP contribution in [0, 0.1) is 17.6 Å². The number of piperidine rings is 1. The molecule has 8 heteroatoms. The zero-order valence-corrected chi connectivity index (χ0v) is 24.7. The molecule has 1 aliphatic rings. The number of benzene rings is 2. The number of nitrogens with one attached hydrogen (secondary N) is 2. The van der Waals surface area contributed by atoms with E-state index in [0.29, 0.717) is 37.9 Å². The fourth-order valence-corrected chi connectivity index (χ4v) is 5.44. The molecule has 1 saturated heterocycles. The fourth-order valence-electron chi connectivity index (χ4n) is 5.44. The van der Waals surface area contributed by atoms with Crippen molar-refractivity contribution in [3.63, 3.8) is 0 Å². The second-order valence-electron chi connectivity index (χ2n) is 12.6. The highest BCUT2D eigenvalue weighted by Crippen LogP contribution is 2.36. The van der Waals surface area contributed by atoms with Crippen molar-refractivity contribution in [1.29, 1.82) is 0 Å². The molecule has 3 rings (SSSR count). The van der Waals surface area contributed by atoms with Gasteiger partial charge < -0.3 is 20.6 Å². The van der Waals surface area contributed by atoms with Crippen molar-refractivity contribution in [2.75, 3.05) is 19.6 Å². The quantitative estimate of drug-likeness (QED) is 0.391. The Bertz CT molecular complexity index is 1150. The van der Waals surface area contributed by atoms with Crippen molar-refractivity contribution >= 4 is 11.8 Å². The maximum Gasteiger partial charge on any atom is 0.222 e. The van der Waals surface area contributed by atoms with Crippen LogP contribution in [0.25, 0.3) is 0 Å². The Morgan fingerprint density at radius 2 is 1.68 bits per heavy atom. The van der Waals surface area contributed by atoms with E-state index in [1.165, 1.54) is 24.6 Å². The van der Waals surface area contributed by atoms with Crippen molar-refractivity contribution in [2.24, 2.45) is 5.92 Å². The van der Waals surface area contributed by atoms with E-state index in [-0.39, 0.29) is 36.1 Å². The van der Waals surface area contributed by atoms with Crippen LogP contribution in [0.2, 0.25) is 0 Å². The van der Waals surface area contributed by atoms with Gasteiger partial charge in [0.05, 0.1) is 12.1 Å². The molecule has 0 spiro atoms. The predicted molar refractivity (Wildman–Crippen MR) is 154 cm³/mol. The number of carbonyl (C=O) groups excluding carboxylic acids is 2. The maximum absolute atomic E-state index is 13.8. The van der Waals surface area contributed by atoms with Gasteiger partial charge in [0.2, 0.25) is 11.8 Å². The van der Waals surface area contributed by atoms with E-state index in [9.17, 15) is 23.5 Å². The van der Waals surface area contributed by atoms with Gasteiger partial charge in [0.25, 0.3) is 0 Å². The van der Waals surface area contributed by atoms with Gasteiger partial charge >= 0.3 is 0 Å². The van der Waals surface area contributed by atoms with E-state index in [4.69, 9.17) is 0 Å². The lowest BCUT2D eigenvalue weighted by Gasteiger charge is -2.44. The highest BCUT2D eigenvalue weighted by atomic mass is 19.1. The minimum Gasteiger partial charge on any atom is -0.390 e. The molecule has 6 nitrogen and oxygen atoms in total. The van der Waals surface area contributed by atoms with Gasteiger partial charge in [-0.2, -0.15) is 0 Å². The number of likely N-dealkylation sites (tertiary alicyclic amines) is 1. The van der Waals surface area contributed by atoms with Crippen LogP contribution in [0.15, 0.2) is 42.5 Å². The summed E-state index contributed by atoms with van der Waals surface area (Å²) in [5.74, 6) is -1.32. The third-order valence-electron chi connectivity index (χ3n) is 7.71. The summed E-state index contributed by atoms with van der Waals surface area (Å²) >= 11 is 0. The van der Waals surface area contributed by atoms with Crippen LogP contribution in [0.1, 0.15) is 77.5 Å². The molecule has 2 amide bonds. The zero-order valence-electron chi connectivity index (χ0n) is 24.7. The van der Waals surface area contributed by atoms with Crippen molar-refractivity contribution in [3.8, 4) is 0 Å². The summed E-state index contributed by atoms with van der Waals surface area (Å²) in [5, 5.41) is 17.6. The number of nitrogens with zero attached hydrogens (tertiary/aromatic N) is 1. The smallest absolute Gasteiger partial charge is 0.222 e. The average Bonchev–Trinajstić information content (AvgIpc) is 2.85. The fraction of sp³-hybridized carbons (Fsp3) is 0.562. The standard InChI is InChI=1S/C32H45F2N3O3/c1-21(2)14-30(40)37-12-10-32(11-13-37,25-9-7-8-24(18-25)31(4,5)6)35-20-29(39)28(36-22(3)38)17-23-15-26(33)19-27(34)16-23/h7-9,15-16,18-19,21,28-29,35,39H,10-14,17,20H2,1-6H3,(H,36,38)/t28-,29+/m0/s1. The number of aliphatic hydroxyl groups excluding tert-OH is 1. The van der Waals surface area contributed by atoms with Crippen molar-refractivity contribution in [1.82, 2.24) is 15.5 Å². The third-order valence-corrected chi connectivity index (χ3v) is 7.71. The molecule has 1 fully saturated rings. The van der Waals surface area contributed by atoms with Gasteiger partial charge in [-0.05, 0) is 59.4 Å². The first kappa shape index (κ1) is 31.7. The van der Waals surface area contributed by atoms with Crippen molar-refractivity contribution in [2.45, 2.75) is 90.3 Å². The SMILES string of the molecule is CC(=O)N[C@@H](Cc1cc(F)cc(F)c1)[C@H](O)CNC1(c2cccc(C(C)(C)C)c2)CCN(C(=O)CC(C)C)CC1. The van der Waals surface area contributed by atoms with Crippen LogP contribution in [-0.4, -0.2) is 53.6 Å². The maximum atomic E-state index is 13.8. The average molecular weight is 558 g/mol. The number of carbonyl (C=O) groups is 2. The predicted octanol–water partition coefficient (Wildman–Crippen LogP) is 4.82. The lowest BCUT2D eigenvalue weighted by molar-refractivity contribution is -0.133. The van der Waals surface area contributed by atoms with Gasteiger partial charge in [0.15, 0.2) is 0 Å². The molecule has 2 aromatic carbocycles. The molecule has 0 bridgehead atoms. The van der Waals surface area contributed by atoms with Gasteiger partial charge in [0.1, 0.15) is 11.6 Å². The third kappa shape index (κ3) is 8.58. The Morgan fingerprint density at radius 3 is 2.23 bits per heavy atom. The number of hydrogen-bond acceptors (Lipinski definition) is 4. The first-order chi connectivity index (χ1) is 18.7. The first-order valence-corrected chi connectivity index (χ1v) is 14.2. The van der Waals surface area contributed by atoms with Crippen LogP contribution in [0.3, 0.4) is 0 Å². The minimum absolute atomic E-state index is 0.0542. The summed E-state index contributed by atoms with van der Waals surface area (Å²) in [7, 11) is 0. The molecule has 0 aliphatic carbocycles. The largest absolute Gasteiger partial charge is 0.390 e. The van der Waals surface area contributed by atoms with E-state index in [1.807, 2.05) is 24.8 Å². The molecule has 220 valence electrons. The highest BCUT2D eigenvalue weighted by Gasteiger charge is 2.38. The van der Waals surface area contributed by atoms with E-state index in [1.54, 1.807) is 0 Å². The second-order valence-corrected chi connectivity index (χ2v) is 12.6. The summed E-state index contributed by atoms with van der Waals surface area (Å²) < 4.78 is 27.6. The summed E-state index contributed by atoms with van der Waals surface area (Å²) in [4.78, 5) is 26.7. The molecule has 0 aromatic heterocycles. The normalized spacial score (nSPS) is 17.0. The number of amides is 2. The molecular weight excluding hydrogens is 512 g/mol. The van der Waals surface area contributed by atoms with Crippen LogP contribution in [-0.2, 0) is 27.0 Å². The molecule has 2 aromatic rings. The van der Waals surface area contributed by atoms with Crippen LogP contribution < -0.4 is 10.6 Å². The van der Waals surface area contributed by atoms with Crippen LogP contribution in [0.5, 0.6) is 0 Å². The molecule has 2 atom stereocenters. The van der Waals surface area contributed by atoms with Gasteiger partial charge in [-0.25, -0.2) is 8.78 Å². The van der Waals surface area contributed by atoms with Gasteiger partial charge in [-0.3, -0.25) is 9.59 Å². The van der Waals surface area contributed by atoms with Gasteiger partial charge in [-0.15, -0.1) is 0 Å². The van der Waals surface area contributed by atoms with E-state index in [2.05, 4.69) is 49.6 Å². The topological polar surface area (TPSA) is 81.7 Å². The molecule has 1 aliphatic heterocycles.